The number of nitrogens with one attached hydrogen (secondary N) is 1. The summed E-state index contributed by atoms with van der Waals surface area (Å²) in [6.07, 6.45) is 0. The fraction of sp³-hybridized carbons (Fsp3) is 0.500. The minimum absolute atomic E-state index is 0.132. The Hall–Kier alpha value is -0.640. The van der Waals surface area contributed by atoms with Crippen LogP contribution in [0.15, 0.2) is 18.2 Å². The van der Waals surface area contributed by atoms with Gasteiger partial charge in [0.1, 0.15) is 5.82 Å². The molecule has 1 rings (SSSR count). The molecule has 4 heteroatoms. The zero-order chi connectivity index (χ0) is 12.2. The average Bonchev–Trinajstić information content (AvgIpc) is 2.16. The van der Waals surface area contributed by atoms with Gasteiger partial charge in [0, 0.05) is 24.2 Å². The van der Waals surface area contributed by atoms with Crippen molar-refractivity contribution in [2.45, 2.75) is 25.9 Å². The fourth-order valence-electron chi connectivity index (χ4n) is 1.41. The molecule has 0 aliphatic rings. The Balaban J connectivity index is 2.61. The number of rotatable bonds is 5. The van der Waals surface area contributed by atoms with Gasteiger partial charge < -0.3 is 10.1 Å². The molecule has 0 fully saturated rings. The highest BCUT2D eigenvalue weighted by Gasteiger charge is 2.16. The third-order valence-corrected chi connectivity index (χ3v) is 2.63. The first-order valence-electron chi connectivity index (χ1n) is 5.12. The molecule has 0 aliphatic carbocycles. The van der Waals surface area contributed by atoms with Crippen LogP contribution in [0, 0.1) is 5.82 Å². The molecule has 0 spiro atoms. The predicted octanol–water partition coefficient (Wildman–Crippen LogP) is 2.99. The molecule has 90 valence electrons. The fourth-order valence-corrected chi connectivity index (χ4v) is 1.65. The third kappa shape index (κ3) is 4.08. The first-order chi connectivity index (χ1) is 7.44. The van der Waals surface area contributed by atoms with Crippen LogP contribution in [-0.4, -0.2) is 19.3 Å². The summed E-state index contributed by atoms with van der Waals surface area (Å²) >= 11 is 5.92. The normalized spacial score (nSPS) is 11.8. The van der Waals surface area contributed by atoms with Crippen LogP contribution in [0.25, 0.3) is 0 Å². The van der Waals surface area contributed by atoms with Crippen LogP contribution in [0.4, 0.5) is 4.39 Å². The number of hydrogen-bond acceptors (Lipinski definition) is 2. The van der Waals surface area contributed by atoms with Crippen molar-refractivity contribution in [3.63, 3.8) is 0 Å². The largest absolute Gasteiger partial charge is 0.383 e. The quantitative estimate of drug-likeness (QED) is 0.861. The van der Waals surface area contributed by atoms with Gasteiger partial charge in [0.15, 0.2) is 0 Å². The summed E-state index contributed by atoms with van der Waals surface area (Å²) in [4.78, 5) is 0. The Bertz CT molecular complexity index is 355. The molecule has 0 unspecified atom stereocenters. The van der Waals surface area contributed by atoms with Crippen LogP contribution in [0.2, 0.25) is 5.02 Å². The third-order valence-electron chi connectivity index (χ3n) is 2.28. The van der Waals surface area contributed by atoms with E-state index in [0.717, 1.165) is 5.56 Å². The van der Waals surface area contributed by atoms with Crippen LogP contribution < -0.4 is 5.32 Å². The van der Waals surface area contributed by atoms with Gasteiger partial charge in [-0.15, -0.1) is 0 Å². The van der Waals surface area contributed by atoms with Gasteiger partial charge in [0.2, 0.25) is 0 Å². The smallest absolute Gasteiger partial charge is 0.124 e. The summed E-state index contributed by atoms with van der Waals surface area (Å²) in [6, 6.07) is 4.42. The minimum atomic E-state index is -0.315. The van der Waals surface area contributed by atoms with Gasteiger partial charge >= 0.3 is 0 Å². The van der Waals surface area contributed by atoms with E-state index in [-0.39, 0.29) is 11.4 Å². The van der Waals surface area contributed by atoms with Crippen LogP contribution in [0.5, 0.6) is 0 Å². The molecule has 0 aliphatic heterocycles. The minimum Gasteiger partial charge on any atom is -0.383 e. The molecule has 0 aromatic heterocycles. The van der Waals surface area contributed by atoms with Crippen molar-refractivity contribution in [2.75, 3.05) is 13.7 Å². The first kappa shape index (κ1) is 13.4. The highest BCUT2D eigenvalue weighted by molar-refractivity contribution is 6.31. The van der Waals surface area contributed by atoms with Crippen LogP contribution in [0.1, 0.15) is 19.4 Å². The Morgan fingerprint density at radius 1 is 1.44 bits per heavy atom. The number of ether oxygens (including phenoxy) is 1. The molecule has 0 bridgehead atoms. The van der Waals surface area contributed by atoms with Gasteiger partial charge in [-0.2, -0.15) is 0 Å². The van der Waals surface area contributed by atoms with Crippen molar-refractivity contribution in [1.82, 2.24) is 5.32 Å². The molecule has 0 radical (unpaired) electrons. The van der Waals surface area contributed by atoms with Crippen molar-refractivity contribution >= 4 is 11.6 Å². The van der Waals surface area contributed by atoms with Crippen LogP contribution in [-0.2, 0) is 11.3 Å². The van der Waals surface area contributed by atoms with Gasteiger partial charge in [-0.3, -0.25) is 0 Å². The van der Waals surface area contributed by atoms with Gasteiger partial charge in [-0.05, 0) is 31.5 Å². The Morgan fingerprint density at radius 3 is 2.69 bits per heavy atom. The second-order valence-electron chi connectivity index (χ2n) is 4.41. The summed E-state index contributed by atoms with van der Waals surface area (Å²) < 4.78 is 17.9. The molecule has 16 heavy (non-hydrogen) atoms. The van der Waals surface area contributed by atoms with E-state index >= 15 is 0 Å². The lowest BCUT2D eigenvalue weighted by molar-refractivity contribution is 0.128. The summed E-state index contributed by atoms with van der Waals surface area (Å²) in [5, 5.41) is 3.75. The maximum atomic E-state index is 12.8. The molecule has 2 nitrogen and oxygen atoms in total. The molecule has 0 amide bonds. The summed E-state index contributed by atoms with van der Waals surface area (Å²) in [7, 11) is 1.66. The van der Waals surface area contributed by atoms with Gasteiger partial charge in [0.25, 0.3) is 0 Å². The average molecular weight is 246 g/mol. The van der Waals surface area contributed by atoms with E-state index in [4.69, 9.17) is 16.3 Å². The van der Waals surface area contributed by atoms with Crippen molar-refractivity contribution in [2.24, 2.45) is 0 Å². The lowest BCUT2D eigenvalue weighted by Gasteiger charge is -2.25. The topological polar surface area (TPSA) is 21.3 Å². The zero-order valence-corrected chi connectivity index (χ0v) is 10.6. The monoisotopic (exact) mass is 245 g/mol. The second kappa shape index (κ2) is 5.62. The maximum Gasteiger partial charge on any atom is 0.124 e. The number of hydrogen-bond donors (Lipinski definition) is 1. The van der Waals surface area contributed by atoms with Gasteiger partial charge in [0.05, 0.1) is 6.61 Å². The highest BCUT2D eigenvalue weighted by atomic mass is 35.5. The van der Waals surface area contributed by atoms with Crippen molar-refractivity contribution < 1.29 is 9.13 Å². The standard InChI is InChI=1S/C12H17ClFNO/c1-12(2,8-16-3)15-7-9-4-5-10(14)6-11(9)13/h4-6,15H,7-8H2,1-3H3. The highest BCUT2D eigenvalue weighted by Crippen LogP contribution is 2.17. The van der Waals surface area contributed by atoms with Gasteiger partial charge in [-0.1, -0.05) is 17.7 Å². The molecule has 1 aromatic rings. The lowest BCUT2D eigenvalue weighted by Crippen LogP contribution is -2.42. The SMILES string of the molecule is COCC(C)(C)NCc1ccc(F)cc1Cl. The Morgan fingerprint density at radius 2 is 2.12 bits per heavy atom. The molecule has 1 aromatic carbocycles. The summed E-state index contributed by atoms with van der Waals surface area (Å²) in [5.74, 6) is -0.315. The molecule has 0 heterocycles. The van der Waals surface area contributed by atoms with Crippen molar-refractivity contribution in [3.05, 3.63) is 34.6 Å². The van der Waals surface area contributed by atoms with E-state index in [2.05, 4.69) is 5.32 Å². The molecular weight excluding hydrogens is 229 g/mol. The van der Waals surface area contributed by atoms with E-state index in [1.165, 1.54) is 12.1 Å². The number of methoxy groups -OCH3 is 1. The lowest BCUT2D eigenvalue weighted by atomic mass is 10.1. The van der Waals surface area contributed by atoms with E-state index < -0.39 is 0 Å². The Kier molecular flexibility index (Phi) is 4.71. The van der Waals surface area contributed by atoms with E-state index in [0.29, 0.717) is 18.2 Å². The maximum absolute atomic E-state index is 12.8. The first-order valence-corrected chi connectivity index (χ1v) is 5.50. The molecule has 0 saturated carbocycles. The molecule has 0 atom stereocenters. The second-order valence-corrected chi connectivity index (χ2v) is 4.81. The van der Waals surface area contributed by atoms with E-state index in [1.807, 2.05) is 13.8 Å². The Labute approximate surface area is 101 Å². The zero-order valence-electron chi connectivity index (χ0n) is 9.81. The van der Waals surface area contributed by atoms with E-state index in [9.17, 15) is 4.39 Å². The number of benzene rings is 1. The molecule has 0 saturated heterocycles. The molecular formula is C12H17ClFNO. The van der Waals surface area contributed by atoms with Crippen LogP contribution >= 0.6 is 11.6 Å². The summed E-state index contributed by atoms with van der Waals surface area (Å²) in [5.41, 5.74) is 0.749. The number of halogens is 2. The van der Waals surface area contributed by atoms with Crippen LogP contribution in [0.3, 0.4) is 0 Å². The van der Waals surface area contributed by atoms with Gasteiger partial charge in [-0.25, -0.2) is 4.39 Å². The summed E-state index contributed by atoms with van der Waals surface area (Å²) in [6.45, 7) is 5.27. The van der Waals surface area contributed by atoms with Crippen molar-refractivity contribution in [3.8, 4) is 0 Å². The molecule has 1 N–H and O–H groups in total. The van der Waals surface area contributed by atoms with E-state index in [1.54, 1.807) is 13.2 Å². The predicted molar refractivity (Wildman–Crippen MR) is 64.2 cm³/mol. The van der Waals surface area contributed by atoms with Crippen molar-refractivity contribution in [1.29, 1.82) is 0 Å².